The lowest BCUT2D eigenvalue weighted by Gasteiger charge is -2.31. The molecule has 0 bridgehead atoms. The van der Waals surface area contributed by atoms with Crippen molar-refractivity contribution in [2.75, 3.05) is 22.8 Å². The number of carbonyl (C=O) groups is 1. The van der Waals surface area contributed by atoms with Crippen molar-refractivity contribution in [1.29, 1.82) is 5.41 Å². The van der Waals surface area contributed by atoms with Gasteiger partial charge in [-0.1, -0.05) is 42.5 Å². The summed E-state index contributed by atoms with van der Waals surface area (Å²) < 4.78 is 27.3. The third kappa shape index (κ3) is 5.66. The molecule has 0 atom stereocenters. The third-order valence-electron chi connectivity index (χ3n) is 6.14. The molecule has 1 aliphatic heterocycles. The second-order valence-electron chi connectivity index (χ2n) is 8.36. The number of sulfonamides is 1. The quantitative estimate of drug-likeness (QED) is 0.366. The molecule has 0 unspecified atom stereocenters. The molecule has 3 N–H and O–H groups in total. The van der Waals surface area contributed by atoms with Gasteiger partial charge in [-0.15, -0.1) is 12.4 Å². The van der Waals surface area contributed by atoms with E-state index in [1.807, 2.05) is 24.3 Å². The highest BCUT2D eigenvalue weighted by atomic mass is 35.5. The van der Waals surface area contributed by atoms with Gasteiger partial charge in [-0.3, -0.25) is 14.5 Å². The molecule has 1 amide bonds. The van der Waals surface area contributed by atoms with Gasteiger partial charge in [0.15, 0.2) is 0 Å². The number of amides is 1. The fourth-order valence-electron chi connectivity index (χ4n) is 4.17. The van der Waals surface area contributed by atoms with Gasteiger partial charge in [0.2, 0.25) is 5.91 Å². The molecule has 3 aromatic carbocycles. The maximum atomic E-state index is 13.0. The summed E-state index contributed by atoms with van der Waals surface area (Å²) in [6, 6.07) is 21.2. The SMILES string of the molecule is CN(c1ccc2c(c1)CCCN2C(=O)CCc1ccc(C(=N)N)cc1)S(=O)(=O)c1ccccc1.Cl. The molecule has 0 saturated heterocycles. The Morgan fingerprint density at radius 2 is 1.74 bits per heavy atom. The van der Waals surface area contributed by atoms with Gasteiger partial charge in [-0.2, -0.15) is 0 Å². The minimum Gasteiger partial charge on any atom is -0.384 e. The van der Waals surface area contributed by atoms with Crippen molar-refractivity contribution in [2.24, 2.45) is 5.73 Å². The first-order valence-corrected chi connectivity index (χ1v) is 12.6. The monoisotopic (exact) mass is 512 g/mol. The van der Waals surface area contributed by atoms with Gasteiger partial charge in [0.25, 0.3) is 10.0 Å². The number of nitrogens with two attached hydrogens (primary N) is 1. The van der Waals surface area contributed by atoms with Crippen LogP contribution in [0.1, 0.15) is 29.5 Å². The molecule has 1 aliphatic rings. The molecule has 0 fully saturated rings. The van der Waals surface area contributed by atoms with Crippen LogP contribution >= 0.6 is 12.4 Å². The van der Waals surface area contributed by atoms with E-state index in [1.165, 1.54) is 4.31 Å². The summed E-state index contributed by atoms with van der Waals surface area (Å²) in [7, 11) is -2.12. The maximum absolute atomic E-state index is 13.0. The summed E-state index contributed by atoms with van der Waals surface area (Å²) in [5, 5.41) is 7.48. The summed E-state index contributed by atoms with van der Waals surface area (Å²) in [6.07, 6.45) is 2.57. The number of nitrogens with zero attached hydrogens (tertiary/aromatic N) is 2. The predicted molar refractivity (Wildman–Crippen MR) is 142 cm³/mol. The van der Waals surface area contributed by atoms with Crippen LogP contribution in [0.5, 0.6) is 0 Å². The number of fused-ring (bicyclic) bond motifs is 1. The van der Waals surface area contributed by atoms with Crippen LogP contribution in [0.2, 0.25) is 0 Å². The Bertz CT molecular complexity index is 1310. The number of carbonyl (C=O) groups excluding carboxylic acids is 1. The maximum Gasteiger partial charge on any atom is 0.264 e. The molecular formula is C26H29ClN4O3S. The second-order valence-corrected chi connectivity index (χ2v) is 10.3. The summed E-state index contributed by atoms with van der Waals surface area (Å²) in [4.78, 5) is 15.1. The lowest BCUT2D eigenvalue weighted by molar-refractivity contribution is -0.118. The topological polar surface area (TPSA) is 108 Å². The molecule has 35 heavy (non-hydrogen) atoms. The number of amidine groups is 1. The van der Waals surface area contributed by atoms with Crippen LogP contribution in [0.3, 0.4) is 0 Å². The predicted octanol–water partition coefficient (Wildman–Crippen LogP) is 4.13. The zero-order valence-corrected chi connectivity index (χ0v) is 21.1. The first-order chi connectivity index (χ1) is 16.3. The van der Waals surface area contributed by atoms with Gasteiger partial charge in [0, 0.05) is 31.3 Å². The van der Waals surface area contributed by atoms with E-state index in [0.29, 0.717) is 30.6 Å². The fourth-order valence-corrected chi connectivity index (χ4v) is 5.37. The molecular weight excluding hydrogens is 484 g/mol. The van der Waals surface area contributed by atoms with Crippen molar-refractivity contribution < 1.29 is 13.2 Å². The zero-order valence-electron chi connectivity index (χ0n) is 19.5. The highest BCUT2D eigenvalue weighted by molar-refractivity contribution is 7.92. The number of halogens is 1. The van der Waals surface area contributed by atoms with Crippen LogP contribution in [0.15, 0.2) is 77.7 Å². The van der Waals surface area contributed by atoms with Crippen LogP contribution in [-0.4, -0.2) is 33.8 Å². The molecule has 7 nitrogen and oxygen atoms in total. The normalized spacial score (nSPS) is 12.9. The van der Waals surface area contributed by atoms with E-state index in [2.05, 4.69) is 0 Å². The minimum atomic E-state index is -3.66. The Balaban J connectivity index is 0.00000342. The molecule has 4 rings (SSSR count). The minimum absolute atomic E-state index is 0. The largest absolute Gasteiger partial charge is 0.384 e. The Hall–Kier alpha value is -3.36. The van der Waals surface area contributed by atoms with Crippen molar-refractivity contribution >= 4 is 45.5 Å². The van der Waals surface area contributed by atoms with Gasteiger partial charge in [0.1, 0.15) is 5.84 Å². The Morgan fingerprint density at radius 3 is 2.40 bits per heavy atom. The van der Waals surface area contributed by atoms with E-state index in [4.69, 9.17) is 11.1 Å². The van der Waals surface area contributed by atoms with Gasteiger partial charge < -0.3 is 10.6 Å². The Labute approximate surface area is 212 Å². The molecule has 0 aliphatic carbocycles. The lowest BCUT2D eigenvalue weighted by Crippen LogP contribution is -2.36. The van der Waals surface area contributed by atoms with E-state index in [1.54, 1.807) is 60.5 Å². The molecule has 0 radical (unpaired) electrons. The van der Waals surface area contributed by atoms with Crippen LogP contribution < -0.4 is 14.9 Å². The average Bonchev–Trinajstić information content (AvgIpc) is 2.86. The van der Waals surface area contributed by atoms with Crippen LogP contribution in [0.4, 0.5) is 11.4 Å². The van der Waals surface area contributed by atoms with Crippen LogP contribution in [-0.2, 0) is 27.7 Å². The Kier molecular flexibility index (Phi) is 8.19. The first kappa shape index (κ1) is 26.2. The number of nitrogen functional groups attached to an aromatic ring is 1. The number of nitrogens with one attached hydrogen (secondary N) is 1. The molecule has 0 aromatic heterocycles. The molecule has 184 valence electrons. The Morgan fingerprint density at radius 1 is 1.06 bits per heavy atom. The summed E-state index contributed by atoms with van der Waals surface area (Å²) >= 11 is 0. The third-order valence-corrected chi connectivity index (χ3v) is 7.94. The van der Waals surface area contributed by atoms with Gasteiger partial charge in [-0.05, 0) is 60.7 Å². The van der Waals surface area contributed by atoms with Crippen LogP contribution in [0.25, 0.3) is 0 Å². The number of aryl methyl sites for hydroxylation is 2. The molecule has 3 aromatic rings. The molecule has 9 heteroatoms. The van der Waals surface area contributed by atoms with E-state index >= 15 is 0 Å². The van der Waals surface area contributed by atoms with E-state index in [0.717, 1.165) is 29.7 Å². The first-order valence-electron chi connectivity index (χ1n) is 11.2. The van der Waals surface area contributed by atoms with Gasteiger partial charge >= 0.3 is 0 Å². The van der Waals surface area contributed by atoms with E-state index < -0.39 is 10.0 Å². The highest BCUT2D eigenvalue weighted by Crippen LogP contribution is 2.33. The zero-order chi connectivity index (χ0) is 24.3. The van der Waals surface area contributed by atoms with Crippen LogP contribution in [0, 0.1) is 5.41 Å². The van der Waals surface area contributed by atoms with Crippen molar-refractivity contribution in [3.8, 4) is 0 Å². The summed E-state index contributed by atoms with van der Waals surface area (Å²) in [5.41, 5.74) is 9.56. The molecule has 0 saturated carbocycles. The smallest absolute Gasteiger partial charge is 0.264 e. The van der Waals surface area contributed by atoms with Gasteiger partial charge in [0.05, 0.1) is 10.6 Å². The summed E-state index contributed by atoms with van der Waals surface area (Å²) in [6.45, 7) is 0.645. The highest BCUT2D eigenvalue weighted by Gasteiger charge is 2.25. The fraction of sp³-hybridized carbons (Fsp3) is 0.231. The van der Waals surface area contributed by atoms with E-state index in [-0.39, 0.29) is 29.0 Å². The van der Waals surface area contributed by atoms with Crippen molar-refractivity contribution in [3.05, 3.63) is 89.5 Å². The molecule has 1 heterocycles. The summed E-state index contributed by atoms with van der Waals surface area (Å²) in [5.74, 6) is 0.0590. The second kappa shape index (κ2) is 10.9. The lowest BCUT2D eigenvalue weighted by atomic mass is 10.00. The van der Waals surface area contributed by atoms with Gasteiger partial charge in [-0.25, -0.2) is 8.42 Å². The number of hydrogen-bond acceptors (Lipinski definition) is 4. The average molecular weight is 513 g/mol. The number of hydrogen-bond donors (Lipinski definition) is 2. The number of anilines is 2. The number of benzene rings is 3. The van der Waals surface area contributed by atoms with Crippen molar-refractivity contribution in [2.45, 2.75) is 30.6 Å². The van der Waals surface area contributed by atoms with Crippen molar-refractivity contribution in [3.63, 3.8) is 0 Å². The number of rotatable bonds is 7. The van der Waals surface area contributed by atoms with E-state index in [9.17, 15) is 13.2 Å². The van der Waals surface area contributed by atoms with Crippen molar-refractivity contribution in [1.82, 2.24) is 0 Å². The molecule has 0 spiro atoms. The standard InChI is InChI=1S/C26H28N4O3S.ClH/c1-29(34(32,33)23-7-3-2-4-8-23)22-14-15-24-21(18-22)6-5-17-30(24)25(31)16-11-19-9-12-20(13-10-19)26(27)28;/h2-4,7-10,12-15,18H,5-6,11,16-17H2,1H3,(H3,27,28);1H.